The molecule has 0 bridgehead atoms. The van der Waals surface area contributed by atoms with Crippen molar-refractivity contribution < 1.29 is 14.0 Å². The molecule has 35 heavy (non-hydrogen) atoms. The van der Waals surface area contributed by atoms with Crippen molar-refractivity contribution in [1.82, 2.24) is 19.7 Å². The second kappa shape index (κ2) is 11.4. The van der Waals surface area contributed by atoms with Gasteiger partial charge in [0.25, 0.3) is 5.91 Å². The lowest BCUT2D eigenvalue weighted by Crippen LogP contribution is -2.54. The summed E-state index contributed by atoms with van der Waals surface area (Å²) in [4.78, 5) is 38.2. The number of nitrogens with zero attached hydrogens (tertiary/aromatic N) is 6. The van der Waals surface area contributed by atoms with Crippen LogP contribution in [0.1, 0.15) is 48.1 Å². The zero-order chi connectivity index (χ0) is 24.8. The molecule has 0 unspecified atom stereocenters. The summed E-state index contributed by atoms with van der Waals surface area (Å²) >= 11 is 0. The third-order valence-electron chi connectivity index (χ3n) is 6.88. The highest BCUT2D eigenvalue weighted by Gasteiger charge is 2.31. The molecule has 2 aliphatic rings. The molecule has 2 aliphatic heterocycles. The normalized spacial score (nSPS) is 17.0. The number of aromatic nitrogens is 1. The number of piperazine rings is 1. The summed E-state index contributed by atoms with van der Waals surface area (Å²) in [5, 5.41) is 9.29. The Morgan fingerprint density at radius 3 is 2.40 bits per heavy atom. The number of oxazole rings is 1. The molecule has 2 amide bonds. The smallest absolute Gasteiger partial charge is 0.253 e. The highest BCUT2D eigenvalue weighted by Crippen LogP contribution is 2.23. The number of likely N-dealkylation sites (tertiary alicyclic amines) is 1. The highest BCUT2D eigenvalue weighted by molar-refractivity contribution is 5.94. The molecule has 0 N–H and O–H groups in total. The Bertz CT molecular complexity index is 1050. The minimum atomic E-state index is 0.0848. The first-order valence-corrected chi connectivity index (χ1v) is 12.5. The molecule has 0 spiro atoms. The molecule has 0 aliphatic carbocycles. The van der Waals surface area contributed by atoms with Crippen molar-refractivity contribution in [2.75, 3.05) is 57.3 Å². The van der Waals surface area contributed by atoms with E-state index in [0.29, 0.717) is 69.3 Å². The molecule has 2 saturated heterocycles. The maximum absolute atomic E-state index is 13.2. The predicted octanol–water partition coefficient (Wildman–Crippen LogP) is 2.52. The summed E-state index contributed by atoms with van der Waals surface area (Å²) in [5.74, 6) is 1.19. The molecule has 4 rings (SSSR count). The van der Waals surface area contributed by atoms with Gasteiger partial charge in [0, 0.05) is 57.8 Å². The van der Waals surface area contributed by atoms with Crippen molar-refractivity contribution in [3.63, 3.8) is 0 Å². The SMILES string of the molecule is CCCN(CC(=O)N1CCN(c2oc(C)nc2C#N)CC1)C1CCN(C(=O)c2ccccc2)CC1. The summed E-state index contributed by atoms with van der Waals surface area (Å²) in [6.45, 7) is 8.96. The minimum absolute atomic E-state index is 0.0848. The van der Waals surface area contributed by atoms with E-state index in [1.54, 1.807) is 6.92 Å². The first-order chi connectivity index (χ1) is 17.0. The summed E-state index contributed by atoms with van der Waals surface area (Å²) in [7, 11) is 0. The van der Waals surface area contributed by atoms with Gasteiger partial charge < -0.3 is 19.1 Å². The quantitative estimate of drug-likeness (QED) is 0.603. The lowest BCUT2D eigenvalue weighted by Gasteiger charge is -2.40. The van der Waals surface area contributed by atoms with Crippen molar-refractivity contribution in [2.45, 2.75) is 39.2 Å². The second-order valence-electron chi connectivity index (χ2n) is 9.23. The maximum Gasteiger partial charge on any atom is 0.253 e. The zero-order valence-corrected chi connectivity index (χ0v) is 20.7. The van der Waals surface area contributed by atoms with E-state index >= 15 is 0 Å². The minimum Gasteiger partial charge on any atom is -0.424 e. The number of rotatable bonds is 7. The van der Waals surface area contributed by atoms with Crippen molar-refractivity contribution >= 4 is 17.7 Å². The molecular formula is C26H34N6O3. The number of amides is 2. The molecular weight excluding hydrogens is 444 g/mol. The monoisotopic (exact) mass is 478 g/mol. The van der Waals surface area contributed by atoms with Crippen LogP contribution in [0.2, 0.25) is 0 Å². The van der Waals surface area contributed by atoms with Gasteiger partial charge in [-0.15, -0.1) is 0 Å². The number of piperidine rings is 1. The fourth-order valence-corrected chi connectivity index (χ4v) is 5.01. The molecule has 1 aromatic heterocycles. The number of hydrogen-bond donors (Lipinski definition) is 0. The Morgan fingerprint density at radius 2 is 1.77 bits per heavy atom. The van der Waals surface area contributed by atoms with Crippen molar-refractivity contribution in [3.8, 4) is 6.07 Å². The second-order valence-corrected chi connectivity index (χ2v) is 9.23. The number of hydrogen-bond acceptors (Lipinski definition) is 7. The molecule has 186 valence electrons. The van der Waals surface area contributed by atoms with Gasteiger partial charge in [-0.3, -0.25) is 14.5 Å². The van der Waals surface area contributed by atoms with Gasteiger partial charge >= 0.3 is 0 Å². The number of nitriles is 1. The molecule has 0 atom stereocenters. The van der Waals surface area contributed by atoms with Gasteiger partial charge in [-0.2, -0.15) is 5.26 Å². The Kier molecular flexibility index (Phi) is 8.03. The number of anilines is 1. The summed E-state index contributed by atoms with van der Waals surface area (Å²) < 4.78 is 5.62. The summed E-state index contributed by atoms with van der Waals surface area (Å²) in [6.07, 6.45) is 2.73. The molecule has 2 aromatic rings. The first kappa shape index (κ1) is 24.7. The van der Waals surface area contributed by atoms with Crippen LogP contribution in [0.25, 0.3) is 0 Å². The van der Waals surface area contributed by atoms with Crippen LogP contribution in [0.4, 0.5) is 5.88 Å². The van der Waals surface area contributed by atoms with E-state index in [1.807, 2.05) is 45.0 Å². The van der Waals surface area contributed by atoms with E-state index in [9.17, 15) is 14.9 Å². The third-order valence-corrected chi connectivity index (χ3v) is 6.88. The molecule has 0 saturated carbocycles. The van der Waals surface area contributed by atoms with Crippen LogP contribution in [0.3, 0.4) is 0 Å². The number of benzene rings is 1. The maximum atomic E-state index is 13.2. The van der Waals surface area contributed by atoms with E-state index in [2.05, 4.69) is 22.9 Å². The van der Waals surface area contributed by atoms with Crippen LogP contribution in [-0.2, 0) is 4.79 Å². The lowest BCUT2D eigenvalue weighted by atomic mass is 10.0. The van der Waals surface area contributed by atoms with Crippen LogP contribution < -0.4 is 4.90 Å². The van der Waals surface area contributed by atoms with E-state index in [0.717, 1.165) is 31.4 Å². The van der Waals surface area contributed by atoms with Crippen LogP contribution in [0, 0.1) is 18.3 Å². The van der Waals surface area contributed by atoms with Gasteiger partial charge in [-0.05, 0) is 37.9 Å². The van der Waals surface area contributed by atoms with Gasteiger partial charge in [0.15, 0.2) is 5.89 Å². The molecule has 0 radical (unpaired) electrons. The number of carbonyl (C=O) groups excluding carboxylic acids is 2. The Hall–Kier alpha value is -3.38. The van der Waals surface area contributed by atoms with E-state index in [1.165, 1.54) is 0 Å². The summed E-state index contributed by atoms with van der Waals surface area (Å²) in [6, 6.07) is 11.8. The van der Waals surface area contributed by atoms with Crippen molar-refractivity contribution in [2.24, 2.45) is 0 Å². The summed E-state index contributed by atoms with van der Waals surface area (Å²) in [5.41, 5.74) is 1.03. The van der Waals surface area contributed by atoms with Crippen LogP contribution in [0.15, 0.2) is 34.7 Å². The first-order valence-electron chi connectivity index (χ1n) is 12.5. The Balaban J connectivity index is 1.29. The Morgan fingerprint density at radius 1 is 1.09 bits per heavy atom. The topological polar surface area (TPSA) is 96.9 Å². The lowest BCUT2D eigenvalue weighted by molar-refractivity contribution is -0.133. The fourth-order valence-electron chi connectivity index (χ4n) is 5.01. The van der Waals surface area contributed by atoms with Gasteiger partial charge in [0.1, 0.15) is 6.07 Å². The molecule has 9 heteroatoms. The molecule has 3 heterocycles. The van der Waals surface area contributed by atoms with Gasteiger partial charge in [0.05, 0.1) is 6.54 Å². The van der Waals surface area contributed by atoms with E-state index in [-0.39, 0.29) is 11.8 Å². The average molecular weight is 479 g/mol. The van der Waals surface area contributed by atoms with Crippen molar-refractivity contribution in [3.05, 3.63) is 47.5 Å². The van der Waals surface area contributed by atoms with Crippen molar-refractivity contribution in [1.29, 1.82) is 5.26 Å². The zero-order valence-electron chi connectivity index (χ0n) is 20.7. The van der Waals surface area contributed by atoms with Crippen LogP contribution in [-0.4, -0.2) is 89.9 Å². The highest BCUT2D eigenvalue weighted by atomic mass is 16.4. The standard InChI is InChI=1S/C26H34N6O3/c1-3-11-32(22-9-12-30(13-10-22)25(34)21-7-5-4-6-8-21)19-24(33)29-14-16-31(17-15-29)26-23(18-27)28-20(2)35-26/h4-8,22H,3,9-17,19H2,1-2H3. The van der Waals surface area contributed by atoms with Gasteiger partial charge in [-0.25, -0.2) is 4.98 Å². The average Bonchev–Trinajstić information content (AvgIpc) is 3.29. The molecule has 2 fully saturated rings. The molecule has 1 aromatic carbocycles. The third kappa shape index (κ3) is 5.82. The number of aryl methyl sites for hydroxylation is 1. The largest absolute Gasteiger partial charge is 0.424 e. The predicted molar refractivity (Wildman–Crippen MR) is 132 cm³/mol. The van der Waals surface area contributed by atoms with Gasteiger partial charge in [-0.1, -0.05) is 25.1 Å². The van der Waals surface area contributed by atoms with Gasteiger partial charge in [0.2, 0.25) is 17.5 Å². The number of carbonyl (C=O) groups is 2. The van der Waals surface area contributed by atoms with Crippen LogP contribution in [0.5, 0.6) is 0 Å². The van der Waals surface area contributed by atoms with E-state index in [4.69, 9.17) is 4.42 Å². The van der Waals surface area contributed by atoms with Crippen LogP contribution >= 0.6 is 0 Å². The Labute approximate surface area is 206 Å². The molecule has 9 nitrogen and oxygen atoms in total. The van der Waals surface area contributed by atoms with E-state index < -0.39 is 0 Å². The fraction of sp³-hybridized carbons (Fsp3) is 0.538.